The summed E-state index contributed by atoms with van der Waals surface area (Å²) in [5.41, 5.74) is 1.60. The number of hydrogen-bond donors (Lipinski definition) is 0. The zero-order valence-corrected chi connectivity index (χ0v) is 14.7. The third-order valence-corrected chi connectivity index (χ3v) is 6.92. The first-order valence-corrected chi connectivity index (χ1v) is 9.90. The lowest BCUT2D eigenvalue weighted by atomic mass is 10.1. The lowest BCUT2D eigenvalue weighted by Gasteiger charge is -2.03. The molecular formula is C19H16O3S2. The minimum atomic E-state index is -3.37. The van der Waals surface area contributed by atoms with Gasteiger partial charge >= 0.3 is 0 Å². The van der Waals surface area contributed by atoms with Crippen molar-refractivity contribution in [1.29, 1.82) is 0 Å². The van der Waals surface area contributed by atoms with Crippen LogP contribution in [0.1, 0.15) is 18.1 Å². The van der Waals surface area contributed by atoms with Crippen molar-refractivity contribution in [2.45, 2.75) is 16.9 Å². The normalized spacial score (nSPS) is 12.0. The van der Waals surface area contributed by atoms with Crippen LogP contribution in [-0.4, -0.2) is 14.2 Å². The fraction of sp³-hybridized carbons (Fsp3) is 0.105. The van der Waals surface area contributed by atoms with Crippen molar-refractivity contribution in [1.82, 2.24) is 0 Å². The molecule has 0 spiro atoms. The summed E-state index contributed by atoms with van der Waals surface area (Å²) in [5.74, 6) is -0.0531. The number of rotatable bonds is 5. The van der Waals surface area contributed by atoms with Crippen molar-refractivity contribution in [3.05, 3.63) is 71.8 Å². The maximum atomic E-state index is 12.6. The fourth-order valence-corrected chi connectivity index (χ4v) is 5.17. The highest BCUT2D eigenvalue weighted by atomic mass is 32.2. The van der Waals surface area contributed by atoms with Crippen LogP contribution in [0.3, 0.4) is 0 Å². The third kappa shape index (κ3) is 3.80. The Morgan fingerprint density at radius 3 is 2.46 bits per heavy atom. The van der Waals surface area contributed by atoms with Crippen LogP contribution >= 0.6 is 11.3 Å². The molecule has 0 amide bonds. The van der Waals surface area contributed by atoms with Gasteiger partial charge in [-0.05, 0) is 41.6 Å². The molecule has 0 aliphatic heterocycles. The maximum Gasteiger partial charge on any atom is 0.191 e. The number of sulfone groups is 1. The van der Waals surface area contributed by atoms with Gasteiger partial charge in [-0.2, -0.15) is 0 Å². The average molecular weight is 356 g/mol. The summed E-state index contributed by atoms with van der Waals surface area (Å²) in [6.07, 6.45) is 3.20. The number of benzene rings is 2. The van der Waals surface area contributed by atoms with E-state index in [9.17, 15) is 13.2 Å². The Morgan fingerprint density at radius 2 is 1.79 bits per heavy atom. The van der Waals surface area contributed by atoms with E-state index in [0.29, 0.717) is 4.21 Å². The van der Waals surface area contributed by atoms with Gasteiger partial charge in [0.15, 0.2) is 15.6 Å². The van der Waals surface area contributed by atoms with Gasteiger partial charge < -0.3 is 0 Å². The summed E-state index contributed by atoms with van der Waals surface area (Å²) >= 11 is 1.30. The number of carbonyl (C=O) groups excluding carboxylic acids is 1. The molecular weight excluding hydrogens is 340 g/mol. The Morgan fingerprint density at radius 1 is 1.08 bits per heavy atom. The summed E-state index contributed by atoms with van der Waals surface area (Å²) in [7, 11) is -3.37. The molecule has 3 aromatic rings. The van der Waals surface area contributed by atoms with Gasteiger partial charge in [0, 0.05) is 4.70 Å². The topological polar surface area (TPSA) is 51.2 Å². The minimum absolute atomic E-state index is 0.0218. The molecule has 0 aliphatic carbocycles. The Kier molecular flexibility index (Phi) is 4.64. The van der Waals surface area contributed by atoms with Crippen LogP contribution in [0.15, 0.2) is 64.9 Å². The molecule has 0 saturated heterocycles. The molecule has 3 rings (SSSR count). The standard InChI is InChI=1S/C19H16O3S2/c1-14(20)6-7-15-8-10-16(11-9-15)13-24(21,22)19-12-17-4-2-3-5-18(17)23-19/h2-12H,13H2,1H3/b7-6+. The number of hydrogen-bond acceptors (Lipinski definition) is 4. The Bertz CT molecular complexity index is 977. The van der Waals surface area contributed by atoms with E-state index in [2.05, 4.69) is 0 Å². The largest absolute Gasteiger partial charge is 0.295 e. The molecule has 5 heteroatoms. The van der Waals surface area contributed by atoms with E-state index in [0.717, 1.165) is 21.2 Å². The summed E-state index contributed by atoms with van der Waals surface area (Å²) in [6, 6.07) is 16.6. The van der Waals surface area contributed by atoms with Gasteiger partial charge in [0.1, 0.15) is 4.21 Å². The molecule has 0 fully saturated rings. The van der Waals surface area contributed by atoms with Gasteiger partial charge in [0.05, 0.1) is 5.75 Å². The van der Waals surface area contributed by atoms with E-state index in [-0.39, 0.29) is 11.5 Å². The Labute approximate surface area is 145 Å². The van der Waals surface area contributed by atoms with Crippen LogP contribution < -0.4 is 0 Å². The van der Waals surface area contributed by atoms with Gasteiger partial charge in [-0.1, -0.05) is 48.5 Å². The minimum Gasteiger partial charge on any atom is -0.295 e. The summed E-state index contributed by atoms with van der Waals surface area (Å²) in [6.45, 7) is 1.49. The van der Waals surface area contributed by atoms with Crippen molar-refractivity contribution in [2.24, 2.45) is 0 Å². The molecule has 1 heterocycles. The van der Waals surface area contributed by atoms with Crippen molar-refractivity contribution >= 4 is 43.1 Å². The van der Waals surface area contributed by atoms with Crippen LogP contribution in [0.25, 0.3) is 16.2 Å². The first-order valence-electron chi connectivity index (χ1n) is 7.43. The second-order valence-corrected chi connectivity index (χ2v) is 8.85. The summed E-state index contributed by atoms with van der Waals surface area (Å²) < 4.78 is 26.6. The van der Waals surface area contributed by atoms with E-state index in [4.69, 9.17) is 0 Å². The Hall–Kier alpha value is -2.24. The molecule has 0 bridgehead atoms. The van der Waals surface area contributed by atoms with Crippen molar-refractivity contribution in [3.8, 4) is 0 Å². The van der Waals surface area contributed by atoms with E-state index >= 15 is 0 Å². The van der Waals surface area contributed by atoms with Gasteiger partial charge in [-0.3, -0.25) is 4.79 Å². The lowest BCUT2D eigenvalue weighted by Crippen LogP contribution is -2.02. The molecule has 0 radical (unpaired) electrons. The molecule has 24 heavy (non-hydrogen) atoms. The van der Waals surface area contributed by atoms with Crippen LogP contribution in [0.4, 0.5) is 0 Å². The highest BCUT2D eigenvalue weighted by Gasteiger charge is 2.18. The quantitative estimate of drug-likeness (QED) is 0.634. The first-order chi connectivity index (χ1) is 11.4. The van der Waals surface area contributed by atoms with E-state index in [1.54, 1.807) is 24.3 Å². The van der Waals surface area contributed by atoms with Crippen molar-refractivity contribution < 1.29 is 13.2 Å². The molecule has 0 aliphatic rings. The fourth-order valence-electron chi connectivity index (χ4n) is 2.34. The number of carbonyl (C=O) groups is 1. The summed E-state index contributed by atoms with van der Waals surface area (Å²) in [4.78, 5) is 10.9. The average Bonchev–Trinajstić information content (AvgIpc) is 2.99. The molecule has 0 saturated carbocycles. The monoisotopic (exact) mass is 356 g/mol. The Balaban J connectivity index is 1.82. The molecule has 0 atom stereocenters. The van der Waals surface area contributed by atoms with E-state index in [1.807, 2.05) is 36.4 Å². The number of thiophene rings is 1. The highest BCUT2D eigenvalue weighted by Crippen LogP contribution is 2.30. The van der Waals surface area contributed by atoms with E-state index < -0.39 is 9.84 Å². The third-order valence-electron chi connectivity index (χ3n) is 3.56. The highest BCUT2D eigenvalue weighted by molar-refractivity contribution is 7.92. The van der Waals surface area contributed by atoms with Gasteiger partial charge in [0.25, 0.3) is 0 Å². The SMILES string of the molecule is CC(=O)/C=C/c1ccc(CS(=O)(=O)c2cc3ccccc3s2)cc1. The molecule has 2 aromatic carbocycles. The molecule has 0 N–H and O–H groups in total. The molecule has 0 unspecified atom stereocenters. The number of fused-ring (bicyclic) bond motifs is 1. The second-order valence-electron chi connectivity index (χ2n) is 5.55. The van der Waals surface area contributed by atoms with Gasteiger partial charge in [-0.15, -0.1) is 11.3 Å². The van der Waals surface area contributed by atoms with Crippen LogP contribution in [0.2, 0.25) is 0 Å². The second kappa shape index (κ2) is 6.71. The van der Waals surface area contributed by atoms with E-state index in [1.165, 1.54) is 24.3 Å². The van der Waals surface area contributed by atoms with Crippen LogP contribution in [-0.2, 0) is 20.4 Å². The van der Waals surface area contributed by atoms with Crippen LogP contribution in [0.5, 0.6) is 0 Å². The van der Waals surface area contributed by atoms with Crippen molar-refractivity contribution in [2.75, 3.05) is 0 Å². The van der Waals surface area contributed by atoms with Gasteiger partial charge in [-0.25, -0.2) is 8.42 Å². The smallest absolute Gasteiger partial charge is 0.191 e. The van der Waals surface area contributed by atoms with Crippen LogP contribution in [0, 0.1) is 0 Å². The summed E-state index contributed by atoms with van der Waals surface area (Å²) in [5, 5.41) is 0.950. The predicted molar refractivity (Wildman–Crippen MR) is 98.9 cm³/mol. The number of allylic oxidation sites excluding steroid dienone is 1. The van der Waals surface area contributed by atoms with Gasteiger partial charge in [0.2, 0.25) is 0 Å². The maximum absolute atomic E-state index is 12.6. The first kappa shape index (κ1) is 16.6. The number of ketones is 1. The zero-order chi connectivity index (χ0) is 17.2. The zero-order valence-electron chi connectivity index (χ0n) is 13.1. The van der Waals surface area contributed by atoms with Crippen molar-refractivity contribution in [3.63, 3.8) is 0 Å². The lowest BCUT2D eigenvalue weighted by molar-refractivity contribution is -0.112. The molecule has 1 aromatic heterocycles. The molecule has 3 nitrogen and oxygen atoms in total. The predicted octanol–water partition coefficient (Wildman–Crippen LogP) is 4.48. The molecule has 122 valence electrons.